The summed E-state index contributed by atoms with van der Waals surface area (Å²) in [7, 11) is 0. The number of nitrogens with two attached hydrogens (primary N) is 1. The van der Waals surface area contributed by atoms with Gasteiger partial charge in [0.25, 0.3) is 0 Å². The third kappa shape index (κ3) is 1.66. The maximum Gasteiger partial charge on any atom is 0.213 e. The van der Waals surface area contributed by atoms with E-state index < -0.39 is 0 Å². The zero-order valence-electron chi connectivity index (χ0n) is 9.80. The van der Waals surface area contributed by atoms with Gasteiger partial charge in [-0.05, 0) is 47.1 Å². The Morgan fingerprint density at radius 3 is 3.00 bits per heavy atom. The van der Waals surface area contributed by atoms with Gasteiger partial charge in [0.1, 0.15) is 10.1 Å². The summed E-state index contributed by atoms with van der Waals surface area (Å²) in [4.78, 5) is 7.79. The highest BCUT2D eigenvalue weighted by molar-refractivity contribution is 9.10. The molecule has 0 amide bonds. The molecule has 0 aliphatic carbocycles. The number of hydrogen-bond donors (Lipinski definition) is 2. The Morgan fingerprint density at radius 1 is 1.50 bits per heavy atom. The number of aryl methyl sites for hydroxylation is 1. The van der Waals surface area contributed by atoms with Crippen LogP contribution in [0.3, 0.4) is 0 Å². The Hall–Kier alpha value is -1.04. The molecule has 0 aliphatic heterocycles. The van der Waals surface area contributed by atoms with Crippen molar-refractivity contribution >= 4 is 44.3 Å². The van der Waals surface area contributed by atoms with E-state index in [1.54, 1.807) is 0 Å². The van der Waals surface area contributed by atoms with Gasteiger partial charge >= 0.3 is 0 Å². The summed E-state index contributed by atoms with van der Waals surface area (Å²) >= 11 is 9.81. The predicted molar refractivity (Wildman–Crippen MR) is 77.3 cm³/mol. The van der Waals surface area contributed by atoms with E-state index in [0.29, 0.717) is 11.6 Å². The summed E-state index contributed by atoms with van der Waals surface area (Å²) < 4.78 is 2.99. The second kappa shape index (κ2) is 4.26. The van der Waals surface area contributed by atoms with E-state index in [2.05, 4.69) is 32.0 Å². The van der Waals surface area contributed by atoms with Crippen molar-refractivity contribution in [3.8, 4) is 0 Å². The van der Waals surface area contributed by atoms with Gasteiger partial charge in [-0.2, -0.15) is 0 Å². The first kappa shape index (κ1) is 12.0. The normalized spacial score (nSPS) is 11.8. The smallest absolute Gasteiger partial charge is 0.213 e. The minimum atomic E-state index is 0.597. The highest BCUT2D eigenvalue weighted by Crippen LogP contribution is 2.29. The highest BCUT2D eigenvalue weighted by Gasteiger charge is 2.15. The van der Waals surface area contributed by atoms with Crippen LogP contribution in [0.15, 0.2) is 16.7 Å². The third-order valence-electron chi connectivity index (χ3n) is 2.96. The number of rotatable bonds is 2. The molecule has 3 rings (SSSR count). The van der Waals surface area contributed by atoms with Crippen LogP contribution < -0.4 is 5.73 Å². The first-order valence-corrected chi connectivity index (χ1v) is 6.83. The molecular formula is C12H12BrClN4. The molecule has 3 N–H and O–H groups in total. The monoisotopic (exact) mass is 326 g/mol. The number of aromatic amines is 1. The van der Waals surface area contributed by atoms with Crippen molar-refractivity contribution in [2.24, 2.45) is 5.73 Å². The number of nitrogens with zero attached hydrogens (tertiary/aromatic N) is 2. The molecule has 2 aromatic heterocycles. The second-order valence-electron chi connectivity index (χ2n) is 4.32. The van der Waals surface area contributed by atoms with E-state index in [4.69, 9.17) is 17.3 Å². The molecule has 94 valence electrons. The van der Waals surface area contributed by atoms with Gasteiger partial charge in [-0.1, -0.05) is 11.6 Å². The Bertz CT molecular complexity index is 744. The first-order valence-electron chi connectivity index (χ1n) is 5.66. The minimum absolute atomic E-state index is 0.597. The van der Waals surface area contributed by atoms with Crippen LogP contribution in [-0.2, 0) is 6.42 Å². The standard InChI is InChI=1S/C12H12BrClN4/c1-6-4-7(14)10-9(5-6)18-11(13)8(2-3-15)16-12(18)17-10/h4-5H,2-3,15H2,1H3,(H,16,17). The lowest BCUT2D eigenvalue weighted by atomic mass is 10.2. The molecular weight excluding hydrogens is 316 g/mol. The van der Waals surface area contributed by atoms with Crippen molar-refractivity contribution in [3.05, 3.63) is 33.0 Å². The van der Waals surface area contributed by atoms with Crippen LogP contribution in [0.2, 0.25) is 5.02 Å². The van der Waals surface area contributed by atoms with Crippen LogP contribution in [0.25, 0.3) is 16.8 Å². The lowest BCUT2D eigenvalue weighted by molar-refractivity contribution is 0.928. The largest absolute Gasteiger partial charge is 0.330 e. The van der Waals surface area contributed by atoms with E-state index in [9.17, 15) is 0 Å². The lowest BCUT2D eigenvalue weighted by Crippen LogP contribution is -2.03. The van der Waals surface area contributed by atoms with Crippen LogP contribution in [0.1, 0.15) is 11.3 Å². The molecule has 0 aliphatic rings. The molecule has 0 saturated heterocycles. The molecule has 0 radical (unpaired) electrons. The number of hydrogen-bond acceptors (Lipinski definition) is 2. The van der Waals surface area contributed by atoms with E-state index >= 15 is 0 Å². The van der Waals surface area contributed by atoms with Crippen LogP contribution in [0, 0.1) is 6.92 Å². The molecule has 3 aromatic rings. The fourth-order valence-corrected chi connectivity index (χ4v) is 3.15. The number of fused-ring (bicyclic) bond motifs is 3. The number of imidazole rings is 2. The van der Waals surface area contributed by atoms with E-state index in [1.165, 1.54) is 0 Å². The quantitative estimate of drug-likeness (QED) is 0.760. The Labute approximate surface area is 117 Å². The van der Waals surface area contributed by atoms with Crippen molar-refractivity contribution in [1.29, 1.82) is 0 Å². The number of H-pyrrole nitrogens is 1. The van der Waals surface area contributed by atoms with E-state index in [0.717, 1.165) is 39.1 Å². The average molecular weight is 328 g/mol. The Kier molecular flexibility index (Phi) is 2.84. The zero-order valence-corrected chi connectivity index (χ0v) is 12.1. The molecule has 0 spiro atoms. The minimum Gasteiger partial charge on any atom is -0.330 e. The van der Waals surface area contributed by atoms with Crippen molar-refractivity contribution in [3.63, 3.8) is 0 Å². The summed E-state index contributed by atoms with van der Waals surface area (Å²) in [5, 5.41) is 0.675. The Morgan fingerprint density at radius 2 is 2.28 bits per heavy atom. The van der Waals surface area contributed by atoms with Gasteiger partial charge in [-0.15, -0.1) is 0 Å². The van der Waals surface area contributed by atoms with Gasteiger partial charge in [0.2, 0.25) is 5.78 Å². The molecule has 18 heavy (non-hydrogen) atoms. The molecule has 6 heteroatoms. The van der Waals surface area contributed by atoms with Crippen LogP contribution in [0.4, 0.5) is 0 Å². The van der Waals surface area contributed by atoms with Gasteiger partial charge in [0.05, 0.1) is 16.2 Å². The molecule has 0 fully saturated rings. The zero-order chi connectivity index (χ0) is 12.9. The summed E-state index contributed by atoms with van der Waals surface area (Å²) in [6, 6.07) is 4.00. The van der Waals surface area contributed by atoms with Gasteiger partial charge < -0.3 is 10.7 Å². The molecule has 0 unspecified atom stereocenters. The number of benzene rings is 1. The van der Waals surface area contributed by atoms with Gasteiger partial charge in [-0.3, -0.25) is 4.40 Å². The predicted octanol–water partition coefficient (Wildman–Crippen LogP) is 3.04. The summed E-state index contributed by atoms with van der Waals surface area (Å²) in [5.74, 6) is 0.785. The topological polar surface area (TPSA) is 59.1 Å². The average Bonchev–Trinajstić information content (AvgIpc) is 2.79. The molecule has 2 heterocycles. The van der Waals surface area contributed by atoms with E-state index in [1.807, 2.05) is 17.4 Å². The van der Waals surface area contributed by atoms with Gasteiger partial charge in [0.15, 0.2) is 0 Å². The van der Waals surface area contributed by atoms with Crippen molar-refractivity contribution in [2.45, 2.75) is 13.3 Å². The number of aromatic nitrogens is 3. The molecule has 0 saturated carbocycles. The molecule has 0 bridgehead atoms. The number of nitrogens with one attached hydrogen (secondary N) is 1. The van der Waals surface area contributed by atoms with E-state index in [-0.39, 0.29) is 0 Å². The van der Waals surface area contributed by atoms with Gasteiger partial charge in [-0.25, -0.2) is 4.98 Å². The fraction of sp³-hybridized carbons (Fsp3) is 0.250. The van der Waals surface area contributed by atoms with Gasteiger partial charge in [0, 0.05) is 6.42 Å². The molecule has 1 aromatic carbocycles. The summed E-state index contributed by atoms with van der Waals surface area (Å²) in [6.07, 6.45) is 0.783. The number of halogens is 2. The maximum atomic E-state index is 6.22. The molecule has 4 nitrogen and oxygen atoms in total. The lowest BCUT2D eigenvalue weighted by Gasteiger charge is -1.99. The Balaban J connectivity index is 2.40. The van der Waals surface area contributed by atoms with Crippen molar-refractivity contribution in [1.82, 2.24) is 14.4 Å². The van der Waals surface area contributed by atoms with Crippen LogP contribution in [-0.4, -0.2) is 20.9 Å². The second-order valence-corrected chi connectivity index (χ2v) is 5.48. The van der Waals surface area contributed by atoms with Crippen molar-refractivity contribution < 1.29 is 0 Å². The first-order chi connectivity index (χ1) is 8.61. The SMILES string of the molecule is Cc1cc(Cl)c2nc3[nH]c(CCN)c(Br)n3c2c1. The van der Waals surface area contributed by atoms with Crippen LogP contribution >= 0.6 is 27.5 Å². The highest BCUT2D eigenvalue weighted by atomic mass is 79.9. The van der Waals surface area contributed by atoms with Crippen molar-refractivity contribution in [2.75, 3.05) is 6.54 Å². The third-order valence-corrected chi connectivity index (χ3v) is 4.08. The summed E-state index contributed by atoms with van der Waals surface area (Å²) in [6.45, 7) is 2.62. The molecule has 0 atom stereocenters. The van der Waals surface area contributed by atoms with Crippen LogP contribution in [0.5, 0.6) is 0 Å². The fourth-order valence-electron chi connectivity index (χ4n) is 2.18. The summed E-state index contributed by atoms with van der Waals surface area (Å²) in [5.41, 5.74) is 9.57. The maximum absolute atomic E-state index is 6.22.